The van der Waals surface area contributed by atoms with E-state index in [4.69, 9.17) is 5.11 Å². The molecule has 0 aromatic carbocycles. The molecule has 1 rings (SSSR count). The second kappa shape index (κ2) is 4.45. The van der Waals surface area contributed by atoms with Crippen LogP contribution in [0.4, 0.5) is 0 Å². The van der Waals surface area contributed by atoms with Crippen molar-refractivity contribution in [3.63, 3.8) is 0 Å². The standard InChI is InChI=1S/C9H16O2Si/c1-7(9(10)11)6-12-8-4-2-3-5-8/h6,8H,2-5,12H2,1H3,(H,10,11). The largest absolute Gasteiger partial charge is 0.478 e. The summed E-state index contributed by atoms with van der Waals surface area (Å²) in [6.45, 7) is 1.70. The van der Waals surface area contributed by atoms with Gasteiger partial charge in [-0.15, -0.1) is 0 Å². The molecule has 0 aromatic rings. The molecule has 0 heterocycles. The van der Waals surface area contributed by atoms with Gasteiger partial charge in [-0.1, -0.05) is 31.4 Å². The van der Waals surface area contributed by atoms with Crippen molar-refractivity contribution in [1.29, 1.82) is 0 Å². The Morgan fingerprint density at radius 2 is 2.08 bits per heavy atom. The minimum absolute atomic E-state index is 0.245. The van der Waals surface area contributed by atoms with Crippen LogP contribution in [0.1, 0.15) is 32.6 Å². The second-order valence-electron chi connectivity index (χ2n) is 3.58. The Labute approximate surface area is 75.5 Å². The highest BCUT2D eigenvalue weighted by Gasteiger charge is 2.14. The summed E-state index contributed by atoms with van der Waals surface area (Å²) in [6.07, 6.45) is 5.40. The number of hydrogen-bond acceptors (Lipinski definition) is 1. The van der Waals surface area contributed by atoms with Crippen molar-refractivity contribution < 1.29 is 9.90 Å². The number of carboxylic acid groups (broad SMARTS) is 1. The molecule has 2 nitrogen and oxygen atoms in total. The van der Waals surface area contributed by atoms with Crippen molar-refractivity contribution in [1.82, 2.24) is 0 Å². The molecule has 3 heteroatoms. The van der Waals surface area contributed by atoms with Gasteiger partial charge in [0.2, 0.25) is 0 Å². The minimum atomic E-state index is -0.750. The first-order chi connectivity index (χ1) is 5.70. The van der Waals surface area contributed by atoms with E-state index in [1.807, 2.05) is 5.70 Å². The van der Waals surface area contributed by atoms with Crippen molar-refractivity contribution in [3.05, 3.63) is 11.3 Å². The maximum Gasteiger partial charge on any atom is 0.330 e. The van der Waals surface area contributed by atoms with Gasteiger partial charge >= 0.3 is 5.97 Å². The van der Waals surface area contributed by atoms with Crippen molar-refractivity contribution in [2.75, 3.05) is 0 Å². The zero-order valence-corrected chi connectivity index (χ0v) is 8.96. The van der Waals surface area contributed by atoms with Gasteiger partial charge in [0.05, 0.1) is 0 Å². The van der Waals surface area contributed by atoms with E-state index in [-0.39, 0.29) is 9.52 Å². The summed E-state index contributed by atoms with van der Waals surface area (Å²) in [6, 6.07) is 0. The lowest BCUT2D eigenvalue weighted by Gasteiger charge is -2.02. The first kappa shape index (κ1) is 9.51. The number of rotatable bonds is 3. The molecule has 0 aromatic heterocycles. The molecule has 1 saturated carbocycles. The summed E-state index contributed by atoms with van der Waals surface area (Å²) in [5.74, 6) is -0.750. The van der Waals surface area contributed by atoms with Crippen LogP contribution in [0.15, 0.2) is 11.3 Å². The van der Waals surface area contributed by atoms with E-state index in [0.29, 0.717) is 5.57 Å². The van der Waals surface area contributed by atoms with Crippen LogP contribution >= 0.6 is 0 Å². The SMILES string of the molecule is CC(=C[SiH2]C1CCCC1)C(=O)O. The Bertz CT molecular complexity index is 193. The van der Waals surface area contributed by atoms with Crippen LogP contribution in [0.25, 0.3) is 0 Å². The van der Waals surface area contributed by atoms with Gasteiger partial charge < -0.3 is 5.11 Å². The van der Waals surface area contributed by atoms with Gasteiger partial charge in [0.25, 0.3) is 0 Å². The number of hydrogen-bond donors (Lipinski definition) is 1. The molecule has 12 heavy (non-hydrogen) atoms. The van der Waals surface area contributed by atoms with Crippen molar-refractivity contribution in [2.45, 2.75) is 38.1 Å². The zero-order chi connectivity index (χ0) is 8.97. The maximum absolute atomic E-state index is 10.5. The summed E-state index contributed by atoms with van der Waals surface area (Å²) in [7, 11) is -0.245. The molecule has 0 bridgehead atoms. The predicted octanol–water partition coefficient (Wildman–Crippen LogP) is 1.51. The predicted molar refractivity (Wildman–Crippen MR) is 52.2 cm³/mol. The smallest absolute Gasteiger partial charge is 0.330 e. The topological polar surface area (TPSA) is 37.3 Å². The highest BCUT2D eigenvalue weighted by atomic mass is 28.2. The second-order valence-corrected chi connectivity index (χ2v) is 5.61. The molecule has 0 amide bonds. The molecule has 1 fully saturated rings. The lowest BCUT2D eigenvalue weighted by Crippen LogP contribution is -2.01. The average Bonchev–Trinajstić information content (AvgIpc) is 2.51. The van der Waals surface area contributed by atoms with Crippen molar-refractivity contribution in [2.24, 2.45) is 0 Å². The van der Waals surface area contributed by atoms with E-state index in [1.54, 1.807) is 6.92 Å². The molecular weight excluding hydrogens is 168 g/mol. The van der Waals surface area contributed by atoms with Crippen LogP contribution < -0.4 is 0 Å². The molecule has 0 spiro atoms. The lowest BCUT2D eigenvalue weighted by atomic mass is 10.4. The normalized spacial score (nSPS) is 20.9. The van der Waals surface area contributed by atoms with E-state index in [1.165, 1.54) is 25.7 Å². The molecule has 0 unspecified atom stereocenters. The summed E-state index contributed by atoms with van der Waals surface area (Å²) < 4.78 is 0. The Kier molecular flexibility index (Phi) is 3.53. The number of carbonyl (C=O) groups is 1. The minimum Gasteiger partial charge on any atom is -0.478 e. The highest BCUT2D eigenvalue weighted by Crippen LogP contribution is 2.29. The molecule has 1 aliphatic rings. The lowest BCUT2D eigenvalue weighted by molar-refractivity contribution is -0.132. The van der Waals surface area contributed by atoms with Gasteiger partial charge in [-0.25, -0.2) is 4.79 Å². The molecule has 0 radical (unpaired) electrons. The van der Waals surface area contributed by atoms with Crippen LogP contribution in [0.5, 0.6) is 0 Å². The van der Waals surface area contributed by atoms with Crippen molar-refractivity contribution >= 4 is 15.5 Å². The van der Waals surface area contributed by atoms with E-state index in [0.717, 1.165) is 5.54 Å². The van der Waals surface area contributed by atoms with Crippen LogP contribution in [0.3, 0.4) is 0 Å². The summed E-state index contributed by atoms with van der Waals surface area (Å²) in [5.41, 5.74) is 3.44. The first-order valence-corrected chi connectivity index (χ1v) is 6.23. The fraction of sp³-hybridized carbons (Fsp3) is 0.667. The molecule has 1 N–H and O–H groups in total. The van der Waals surface area contributed by atoms with Gasteiger partial charge in [0, 0.05) is 15.1 Å². The van der Waals surface area contributed by atoms with Crippen LogP contribution in [0, 0.1) is 0 Å². The van der Waals surface area contributed by atoms with Crippen LogP contribution in [0.2, 0.25) is 5.54 Å². The number of aliphatic carboxylic acids is 1. The third-order valence-corrected chi connectivity index (χ3v) is 4.90. The maximum atomic E-state index is 10.5. The molecular formula is C9H16O2Si. The Balaban J connectivity index is 2.31. The molecule has 1 aliphatic carbocycles. The van der Waals surface area contributed by atoms with Crippen LogP contribution in [-0.2, 0) is 4.79 Å². The van der Waals surface area contributed by atoms with Crippen molar-refractivity contribution in [3.8, 4) is 0 Å². The third kappa shape index (κ3) is 2.81. The van der Waals surface area contributed by atoms with E-state index >= 15 is 0 Å². The Morgan fingerprint density at radius 1 is 1.50 bits per heavy atom. The molecule has 0 aliphatic heterocycles. The monoisotopic (exact) mass is 184 g/mol. The average molecular weight is 184 g/mol. The number of carboxylic acids is 1. The first-order valence-electron chi connectivity index (χ1n) is 4.60. The summed E-state index contributed by atoms with van der Waals surface area (Å²) >= 11 is 0. The third-order valence-electron chi connectivity index (χ3n) is 2.57. The molecule has 68 valence electrons. The van der Waals surface area contributed by atoms with Crippen LogP contribution in [-0.4, -0.2) is 20.6 Å². The van der Waals surface area contributed by atoms with Gasteiger partial charge in [-0.05, 0) is 12.5 Å². The Hall–Kier alpha value is -0.573. The summed E-state index contributed by atoms with van der Waals surface area (Å²) in [5, 5.41) is 8.61. The summed E-state index contributed by atoms with van der Waals surface area (Å²) in [4.78, 5) is 10.5. The van der Waals surface area contributed by atoms with E-state index in [2.05, 4.69) is 0 Å². The van der Waals surface area contributed by atoms with Gasteiger partial charge in [0.1, 0.15) is 0 Å². The molecule has 0 saturated heterocycles. The fourth-order valence-corrected chi connectivity index (χ4v) is 3.59. The zero-order valence-electron chi connectivity index (χ0n) is 7.55. The van der Waals surface area contributed by atoms with Gasteiger partial charge in [0.15, 0.2) is 0 Å². The quantitative estimate of drug-likeness (QED) is 0.533. The highest BCUT2D eigenvalue weighted by molar-refractivity contribution is 6.45. The van der Waals surface area contributed by atoms with E-state index in [9.17, 15) is 4.79 Å². The molecule has 0 atom stereocenters. The Morgan fingerprint density at radius 3 is 2.58 bits per heavy atom. The van der Waals surface area contributed by atoms with Gasteiger partial charge in [-0.2, -0.15) is 0 Å². The van der Waals surface area contributed by atoms with Gasteiger partial charge in [-0.3, -0.25) is 0 Å². The van der Waals surface area contributed by atoms with E-state index < -0.39 is 5.97 Å². The fourth-order valence-electron chi connectivity index (χ4n) is 1.68.